The molecule has 29 heavy (non-hydrogen) atoms. The summed E-state index contributed by atoms with van der Waals surface area (Å²) in [6, 6.07) is 7.80. The zero-order valence-electron chi connectivity index (χ0n) is 15.5. The summed E-state index contributed by atoms with van der Waals surface area (Å²) in [7, 11) is 0. The lowest BCUT2D eigenvalue weighted by Gasteiger charge is -2.09. The maximum absolute atomic E-state index is 10.6. The zero-order valence-corrected chi connectivity index (χ0v) is 18.5. The maximum atomic E-state index is 10.6. The highest BCUT2D eigenvalue weighted by Gasteiger charge is 2.38. The smallest absolute Gasteiger partial charge is 0.480 e. The van der Waals surface area contributed by atoms with Gasteiger partial charge in [0.2, 0.25) is 0 Å². The summed E-state index contributed by atoms with van der Waals surface area (Å²) >= 11 is 7.60. The number of hydrogen-bond donors (Lipinski definition) is 4. The first kappa shape index (κ1) is 27.5. The second-order valence-electron chi connectivity index (χ2n) is 6.07. The summed E-state index contributed by atoms with van der Waals surface area (Å²) in [4.78, 5) is 20.3. The molecule has 0 saturated heterocycles. The molecular weight excluding hydrogens is 524 g/mol. The second-order valence-corrected chi connectivity index (χ2v) is 7.81. The van der Waals surface area contributed by atoms with Gasteiger partial charge in [-0.1, -0.05) is 24.4 Å². The molecule has 0 aliphatic rings. The Bertz CT molecular complexity index is 658. The van der Waals surface area contributed by atoms with Crippen LogP contribution in [0.2, 0.25) is 0 Å². The zero-order chi connectivity index (χ0) is 22.4. The number of aryl methyl sites for hydroxylation is 1. The number of alkyl halides is 3. The molecule has 1 aromatic rings. The Morgan fingerprint density at radius 3 is 2.17 bits per heavy atom. The largest absolute Gasteiger partial charge is 0.490 e. The molecular formula is C18H24F3IN2O4S. The van der Waals surface area contributed by atoms with Gasteiger partial charge in [0.1, 0.15) is 6.04 Å². The van der Waals surface area contributed by atoms with E-state index in [2.05, 4.69) is 52.2 Å². The van der Waals surface area contributed by atoms with E-state index in [4.69, 9.17) is 33.0 Å². The van der Waals surface area contributed by atoms with E-state index in [0.717, 1.165) is 43.6 Å². The molecule has 0 fully saturated rings. The number of benzene rings is 1. The molecule has 1 aromatic carbocycles. The molecule has 0 unspecified atom stereocenters. The molecule has 164 valence electrons. The summed E-state index contributed by atoms with van der Waals surface area (Å²) < 4.78 is 33.0. The molecule has 0 aliphatic heterocycles. The van der Waals surface area contributed by atoms with Gasteiger partial charge in [0, 0.05) is 10.1 Å². The summed E-state index contributed by atoms with van der Waals surface area (Å²) in [5, 5.41) is 19.0. The lowest BCUT2D eigenvalue weighted by Crippen LogP contribution is -2.30. The Kier molecular flexibility index (Phi) is 13.8. The van der Waals surface area contributed by atoms with Gasteiger partial charge in [-0.3, -0.25) is 4.79 Å². The van der Waals surface area contributed by atoms with E-state index in [1.807, 2.05) is 0 Å². The first-order valence-electron chi connectivity index (χ1n) is 8.73. The van der Waals surface area contributed by atoms with Gasteiger partial charge < -0.3 is 21.3 Å². The highest BCUT2D eigenvalue weighted by molar-refractivity contribution is 14.1. The number of aliphatic carboxylic acids is 2. The van der Waals surface area contributed by atoms with Gasteiger partial charge in [-0.05, 0) is 78.8 Å². The number of hydrogen-bond acceptors (Lipinski definition) is 4. The van der Waals surface area contributed by atoms with Gasteiger partial charge >= 0.3 is 18.1 Å². The fraction of sp³-hybridized carbons (Fsp3) is 0.500. The van der Waals surface area contributed by atoms with Crippen molar-refractivity contribution in [1.29, 1.82) is 0 Å². The highest BCUT2D eigenvalue weighted by Crippen LogP contribution is 2.13. The predicted octanol–water partition coefficient (Wildman–Crippen LogP) is 3.75. The average molecular weight is 548 g/mol. The summed E-state index contributed by atoms with van der Waals surface area (Å²) in [6.07, 6.45) is 0.0685. The first-order chi connectivity index (χ1) is 13.4. The van der Waals surface area contributed by atoms with Gasteiger partial charge in [-0.2, -0.15) is 13.2 Å². The third-order valence-electron chi connectivity index (χ3n) is 3.61. The molecule has 5 N–H and O–H groups in total. The van der Waals surface area contributed by atoms with Crippen molar-refractivity contribution in [1.82, 2.24) is 5.32 Å². The SMILES string of the molecule is N[C@@H](CCCCNC(=S)CCCc1ccc(I)cc1)C(=O)O.O=C(O)C(F)(F)F. The van der Waals surface area contributed by atoms with Crippen molar-refractivity contribution < 1.29 is 33.0 Å². The van der Waals surface area contributed by atoms with Crippen LogP contribution in [-0.4, -0.2) is 45.9 Å². The van der Waals surface area contributed by atoms with E-state index >= 15 is 0 Å². The molecule has 11 heteroatoms. The second kappa shape index (κ2) is 14.5. The summed E-state index contributed by atoms with van der Waals surface area (Å²) in [6.45, 7) is 0.786. The monoisotopic (exact) mass is 548 g/mol. The molecule has 0 aliphatic carbocycles. The Hall–Kier alpha value is -1.47. The number of rotatable bonds is 10. The molecule has 0 heterocycles. The molecule has 0 bridgehead atoms. The van der Waals surface area contributed by atoms with Crippen LogP contribution in [0, 0.1) is 3.57 Å². The minimum Gasteiger partial charge on any atom is -0.480 e. The van der Waals surface area contributed by atoms with Crippen molar-refractivity contribution in [2.75, 3.05) is 6.54 Å². The molecule has 6 nitrogen and oxygen atoms in total. The highest BCUT2D eigenvalue weighted by atomic mass is 127. The lowest BCUT2D eigenvalue weighted by atomic mass is 10.1. The molecule has 0 amide bonds. The van der Waals surface area contributed by atoms with Crippen molar-refractivity contribution in [3.05, 3.63) is 33.4 Å². The van der Waals surface area contributed by atoms with Crippen LogP contribution >= 0.6 is 34.8 Å². The van der Waals surface area contributed by atoms with Crippen LogP contribution in [0.4, 0.5) is 13.2 Å². The molecule has 1 atom stereocenters. The lowest BCUT2D eigenvalue weighted by molar-refractivity contribution is -0.192. The van der Waals surface area contributed by atoms with Gasteiger partial charge in [0.05, 0.1) is 4.99 Å². The third kappa shape index (κ3) is 15.1. The van der Waals surface area contributed by atoms with E-state index in [1.54, 1.807) is 0 Å². The fourth-order valence-corrected chi connectivity index (χ4v) is 2.64. The van der Waals surface area contributed by atoms with Gasteiger partial charge in [0.15, 0.2) is 0 Å². The van der Waals surface area contributed by atoms with Crippen LogP contribution in [0.5, 0.6) is 0 Å². The number of carboxylic acid groups (broad SMARTS) is 2. The molecule has 0 spiro atoms. The van der Waals surface area contributed by atoms with Crippen LogP contribution in [0.3, 0.4) is 0 Å². The van der Waals surface area contributed by atoms with Gasteiger partial charge in [0.25, 0.3) is 0 Å². The van der Waals surface area contributed by atoms with E-state index in [0.29, 0.717) is 6.42 Å². The van der Waals surface area contributed by atoms with E-state index < -0.39 is 24.2 Å². The van der Waals surface area contributed by atoms with E-state index in [9.17, 15) is 18.0 Å². The Morgan fingerprint density at radius 1 is 1.14 bits per heavy atom. The normalized spacial score (nSPS) is 11.8. The van der Waals surface area contributed by atoms with Crippen molar-refractivity contribution in [3.8, 4) is 0 Å². The van der Waals surface area contributed by atoms with Crippen molar-refractivity contribution in [2.45, 2.75) is 50.7 Å². The quantitative estimate of drug-likeness (QED) is 0.200. The number of halogens is 4. The Morgan fingerprint density at radius 2 is 1.69 bits per heavy atom. The molecule has 1 rings (SSSR count). The minimum absolute atomic E-state index is 0.510. The fourth-order valence-electron chi connectivity index (χ4n) is 2.03. The number of carboxylic acids is 2. The molecule has 0 aromatic heterocycles. The van der Waals surface area contributed by atoms with Crippen LogP contribution in [0.1, 0.15) is 37.7 Å². The Balaban J connectivity index is 0.000000956. The first-order valence-corrected chi connectivity index (χ1v) is 10.2. The number of carbonyl (C=O) groups is 2. The van der Waals surface area contributed by atoms with Crippen LogP contribution in [-0.2, 0) is 16.0 Å². The van der Waals surface area contributed by atoms with Crippen LogP contribution < -0.4 is 11.1 Å². The predicted molar refractivity (Wildman–Crippen MR) is 116 cm³/mol. The molecule has 0 radical (unpaired) electrons. The number of thiocarbonyl (C=S) groups is 1. The number of unbranched alkanes of at least 4 members (excludes halogenated alkanes) is 1. The number of nitrogens with two attached hydrogens (primary N) is 1. The van der Waals surface area contributed by atoms with Crippen LogP contribution in [0.25, 0.3) is 0 Å². The van der Waals surface area contributed by atoms with Crippen molar-refractivity contribution in [3.63, 3.8) is 0 Å². The molecule has 0 saturated carbocycles. The van der Waals surface area contributed by atoms with Crippen molar-refractivity contribution in [2.24, 2.45) is 5.73 Å². The minimum atomic E-state index is -5.08. The van der Waals surface area contributed by atoms with Crippen molar-refractivity contribution >= 4 is 51.7 Å². The Labute approximate surface area is 186 Å². The van der Waals surface area contributed by atoms with Gasteiger partial charge in [-0.25, -0.2) is 4.79 Å². The summed E-state index contributed by atoms with van der Waals surface area (Å²) in [5.41, 5.74) is 6.78. The topological polar surface area (TPSA) is 113 Å². The van der Waals surface area contributed by atoms with E-state index in [-0.39, 0.29) is 0 Å². The van der Waals surface area contributed by atoms with Gasteiger partial charge in [-0.15, -0.1) is 0 Å². The average Bonchev–Trinajstić information content (AvgIpc) is 2.62. The third-order valence-corrected chi connectivity index (χ3v) is 4.67. The standard InChI is InChI=1S/C16H23IN2O2S.C2HF3O2/c17-13-9-7-12(8-10-13)4-3-6-15(22)19-11-2-1-5-14(18)16(20)21;3-2(4,5)1(6)7/h7-10,14H,1-6,11,18H2,(H,19,22)(H,20,21);(H,6,7)/t14-;/m0./s1. The number of nitrogens with one attached hydrogen (secondary N) is 1. The summed E-state index contributed by atoms with van der Waals surface area (Å²) in [5.74, 6) is -3.69. The van der Waals surface area contributed by atoms with E-state index in [1.165, 1.54) is 9.13 Å². The maximum Gasteiger partial charge on any atom is 0.490 e. The van der Waals surface area contributed by atoms with Crippen LogP contribution in [0.15, 0.2) is 24.3 Å².